The summed E-state index contributed by atoms with van der Waals surface area (Å²) in [6.45, 7) is 7.11. The Balaban J connectivity index is 2.02. The van der Waals surface area contributed by atoms with Crippen LogP contribution in [0.2, 0.25) is 0 Å². The summed E-state index contributed by atoms with van der Waals surface area (Å²) in [5, 5.41) is 20.7. The molecule has 2 aromatic carbocycles. The highest BCUT2D eigenvalue weighted by Crippen LogP contribution is 2.40. The number of unbranched alkanes of at least 4 members (excludes halogenated alkanes) is 1. The van der Waals surface area contributed by atoms with Gasteiger partial charge in [-0.25, -0.2) is 0 Å². The molecule has 1 aliphatic rings. The molecule has 31 heavy (non-hydrogen) atoms. The summed E-state index contributed by atoms with van der Waals surface area (Å²) in [6, 6.07) is 12.5. The number of likely N-dealkylation sites (tertiary alicyclic amines) is 1. The lowest BCUT2D eigenvalue weighted by Gasteiger charge is -2.25. The fourth-order valence-electron chi connectivity index (χ4n) is 3.57. The molecule has 1 atom stereocenters. The largest absolute Gasteiger partial charge is 0.508 e. The zero-order valence-corrected chi connectivity index (χ0v) is 18.2. The predicted molar refractivity (Wildman–Crippen MR) is 119 cm³/mol. The zero-order valence-electron chi connectivity index (χ0n) is 18.2. The van der Waals surface area contributed by atoms with Gasteiger partial charge in [-0.2, -0.15) is 0 Å². The smallest absolute Gasteiger partial charge is 0.295 e. The second kappa shape index (κ2) is 9.69. The third kappa shape index (κ3) is 4.90. The van der Waals surface area contributed by atoms with Crippen LogP contribution in [0.5, 0.6) is 11.5 Å². The van der Waals surface area contributed by atoms with E-state index in [1.165, 1.54) is 17.0 Å². The number of phenolic OH excluding ortho intramolecular Hbond substituents is 1. The van der Waals surface area contributed by atoms with E-state index in [-0.39, 0.29) is 17.1 Å². The van der Waals surface area contributed by atoms with Crippen LogP contribution in [-0.4, -0.2) is 40.0 Å². The number of benzene rings is 2. The van der Waals surface area contributed by atoms with Crippen molar-refractivity contribution < 1.29 is 24.5 Å². The van der Waals surface area contributed by atoms with Crippen LogP contribution in [0.1, 0.15) is 50.8 Å². The lowest BCUT2D eigenvalue weighted by molar-refractivity contribution is -0.139. The number of ketones is 1. The van der Waals surface area contributed by atoms with Gasteiger partial charge in [0.15, 0.2) is 0 Å². The first-order valence-corrected chi connectivity index (χ1v) is 10.6. The van der Waals surface area contributed by atoms with Crippen LogP contribution in [0.25, 0.3) is 5.76 Å². The Morgan fingerprint density at radius 3 is 2.29 bits per heavy atom. The van der Waals surface area contributed by atoms with Crippen LogP contribution in [0, 0.1) is 5.92 Å². The third-order valence-electron chi connectivity index (χ3n) is 5.21. The van der Waals surface area contributed by atoms with Crippen molar-refractivity contribution in [3.05, 3.63) is 65.2 Å². The molecule has 0 bridgehead atoms. The van der Waals surface area contributed by atoms with Crippen molar-refractivity contribution in [2.24, 2.45) is 5.92 Å². The van der Waals surface area contributed by atoms with Gasteiger partial charge in [0.25, 0.3) is 11.7 Å². The van der Waals surface area contributed by atoms with Gasteiger partial charge in [0.2, 0.25) is 0 Å². The van der Waals surface area contributed by atoms with E-state index in [1.807, 2.05) is 6.92 Å². The topological polar surface area (TPSA) is 87.1 Å². The van der Waals surface area contributed by atoms with Crippen molar-refractivity contribution >= 4 is 17.4 Å². The number of aliphatic hydroxyl groups is 1. The Morgan fingerprint density at radius 2 is 1.71 bits per heavy atom. The van der Waals surface area contributed by atoms with E-state index in [1.54, 1.807) is 36.4 Å². The highest BCUT2D eigenvalue weighted by Gasteiger charge is 2.45. The molecule has 3 rings (SSSR count). The van der Waals surface area contributed by atoms with Gasteiger partial charge in [-0.3, -0.25) is 9.59 Å². The average Bonchev–Trinajstić information content (AvgIpc) is 3.01. The molecule has 0 aromatic heterocycles. The fourth-order valence-corrected chi connectivity index (χ4v) is 3.57. The molecule has 1 fully saturated rings. The minimum Gasteiger partial charge on any atom is -0.508 e. The molecular formula is C25H29NO5. The van der Waals surface area contributed by atoms with E-state index in [9.17, 15) is 19.8 Å². The highest BCUT2D eigenvalue weighted by atomic mass is 16.5. The van der Waals surface area contributed by atoms with Crippen LogP contribution >= 0.6 is 0 Å². The fraction of sp³-hybridized carbons (Fsp3) is 0.360. The molecule has 6 nitrogen and oxygen atoms in total. The molecule has 2 aromatic rings. The molecule has 1 amide bonds. The maximum Gasteiger partial charge on any atom is 0.295 e. The number of aliphatic hydroxyl groups excluding tert-OH is 1. The number of aromatic hydroxyl groups is 1. The SMILES string of the molecule is CCCCN1C(=O)C(=O)/C(=C(\O)c2ccc(OCC(C)C)cc2)C1c1ccc(O)cc1. The Morgan fingerprint density at radius 1 is 1.06 bits per heavy atom. The molecule has 1 unspecified atom stereocenters. The number of carbonyl (C=O) groups is 2. The first-order chi connectivity index (χ1) is 14.8. The van der Waals surface area contributed by atoms with Crippen LogP contribution < -0.4 is 4.74 Å². The quantitative estimate of drug-likeness (QED) is 0.367. The predicted octanol–water partition coefficient (Wildman–Crippen LogP) is 4.65. The van der Waals surface area contributed by atoms with Crippen LogP contribution in [-0.2, 0) is 9.59 Å². The molecule has 0 aliphatic carbocycles. The van der Waals surface area contributed by atoms with E-state index in [2.05, 4.69) is 13.8 Å². The standard InChI is InChI=1S/C25H29NO5/c1-4-5-14-26-22(17-6-10-19(27)11-7-17)21(24(29)25(26)30)23(28)18-8-12-20(13-9-18)31-15-16(2)3/h6-13,16,22,27-28H,4-5,14-15H2,1-3H3/b23-21-. The van der Waals surface area contributed by atoms with E-state index in [0.29, 0.717) is 35.9 Å². The average molecular weight is 424 g/mol. The number of rotatable bonds is 8. The summed E-state index contributed by atoms with van der Waals surface area (Å²) in [7, 11) is 0. The van der Waals surface area contributed by atoms with Gasteiger partial charge in [0.05, 0.1) is 18.2 Å². The summed E-state index contributed by atoms with van der Waals surface area (Å²) in [6.07, 6.45) is 1.60. The van der Waals surface area contributed by atoms with E-state index in [0.717, 1.165) is 12.8 Å². The van der Waals surface area contributed by atoms with Gasteiger partial charge in [-0.15, -0.1) is 0 Å². The highest BCUT2D eigenvalue weighted by molar-refractivity contribution is 6.46. The molecule has 1 aliphatic heterocycles. The van der Waals surface area contributed by atoms with Crippen molar-refractivity contribution in [1.82, 2.24) is 4.90 Å². The molecule has 2 N–H and O–H groups in total. The Bertz CT molecular complexity index is 960. The lowest BCUT2D eigenvalue weighted by atomic mass is 9.95. The first kappa shape index (κ1) is 22.4. The maximum absolute atomic E-state index is 12.9. The summed E-state index contributed by atoms with van der Waals surface area (Å²) in [4.78, 5) is 27.2. The summed E-state index contributed by atoms with van der Waals surface area (Å²) >= 11 is 0. The second-order valence-electron chi connectivity index (χ2n) is 8.17. The number of phenols is 1. The summed E-state index contributed by atoms with van der Waals surface area (Å²) in [5.41, 5.74) is 1.16. The molecule has 0 saturated carbocycles. The van der Waals surface area contributed by atoms with E-state index in [4.69, 9.17) is 4.74 Å². The summed E-state index contributed by atoms with van der Waals surface area (Å²) < 4.78 is 5.68. The number of carbonyl (C=O) groups excluding carboxylic acids is 2. The minimum atomic E-state index is -0.705. The van der Waals surface area contributed by atoms with Gasteiger partial charge < -0.3 is 19.8 Å². The van der Waals surface area contributed by atoms with Gasteiger partial charge >= 0.3 is 0 Å². The van der Waals surface area contributed by atoms with Crippen LogP contribution in [0.4, 0.5) is 0 Å². The number of hydrogen-bond acceptors (Lipinski definition) is 5. The molecule has 0 radical (unpaired) electrons. The molecule has 6 heteroatoms. The van der Waals surface area contributed by atoms with Crippen molar-refractivity contribution in [2.75, 3.05) is 13.2 Å². The third-order valence-corrected chi connectivity index (χ3v) is 5.21. The second-order valence-corrected chi connectivity index (χ2v) is 8.17. The number of nitrogens with zero attached hydrogens (tertiary/aromatic N) is 1. The van der Waals surface area contributed by atoms with E-state index < -0.39 is 17.7 Å². The maximum atomic E-state index is 12.9. The van der Waals surface area contributed by atoms with Gasteiger partial charge in [-0.05, 0) is 54.3 Å². The summed E-state index contributed by atoms with van der Waals surface area (Å²) in [5.74, 6) is -0.393. The Kier molecular flexibility index (Phi) is 7.00. The monoisotopic (exact) mass is 423 g/mol. The van der Waals surface area contributed by atoms with Crippen molar-refractivity contribution in [3.8, 4) is 11.5 Å². The minimum absolute atomic E-state index is 0.0580. The molecule has 1 heterocycles. The van der Waals surface area contributed by atoms with Crippen molar-refractivity contribution in [1.29, 1.82) is 0 Å². The van der Waals surface area contributed by atoms with Gasteiger partial charge in [0, 0.05) is 12.1 Å². The lowest BCUT2D eigenvalue weighted by Crippen LogP contribution is -2.30. The molecule has 164 valence electrons. The van der Waals surface area contributed by atoms with Crippen LogP contribution in [0.3, 0.4) is 0 Å². The van der Waals surface area contributed by atoms with Gasteiger partial charge in [0.1, 0.15) is 17.3 Å². The molecular weight excluding hydrogens is 394 g/mol. The zero-order chi connectivity index (χ0) is 22.5. The normalized spacial score (nSPS) is 18.1. The number of amides is 1. The Hall–Kier alpha value is -3.28. The van der Waals surface area contributed by atoms with Crippen molar-refractivity contribution in [3.63, 3.8) is 0 Å². The number of Topliss-reactive ketones (excluding diaryl/α,β-unsaturated/α-hetero) is 1. The molecule has 0 spiro atoms. The van der Waals surface area contributed by atoms with E-state index >= 15 is 0 Å². The van der Waals surface area contributed by atoms with Gasteiger partial charge in [-0.1, -0.05) is 39.3 Å². The first-order valence-electron chi connectivity index (χ1n) is 10.6. The molecule has 1 saturated heterocycles. The van der Waals surface area contributed by atoms with Crippen LogP contribution in [0.15, 0.2) is 54.1 Å². The number of hydrogen-bond donors (Lipinski definition) is 2. The van der Waals surface area contributed by atoms with Crippen molar-refractivity contribution in [2.45, 2.75) is 39.7 Å². The number of ether oxygens (including phenoxy) is 1. The Labute approximate surface area is 182 Å².